The second-order valence-corrected chi connectivity index (χ2v) is 4.58. The number of anilines is 1. The van der Waals surface area contributed by atoms with E-state index in [4.69, 9.17) is 11.6 Å². The van der Waals surface area contributed by atoms with Crippen LogP contribution in [-0.4, -0.2) is 6.21 Å². The van der Waals surface area contributed by atoms with E-state index >= 15 is 0 Å². The Hall–Kier alpha value is -1.80. The topological polar surface area (TPSA) is 24.4 Å². The fraction of sp³-hybridized carbons (Fsp3) is 0.133. The molecule has 0 amide bonds. The van der Waals surface area contributed by atoms with Gasteiger partial charge in [-0.05, 0) is 54.8 Å². The highest BCUT2D eigenvalue weighted by atomic mass is 35.5. The van der Waals surface area contributed by atoms with E-state index < -0.39 is 0 Å². The fourth-order valence-electron chi connectivity index (χ4n) is 1.75. The Bertz CT molecular complexity index is 539. The minimum absolute atomic E-state index is 0.822. The Morgan fingerprint density at radius 1 is 1.06 bits per heavy atom. The summed E-state index contributed by atoms with van der Waals surface area (Å²) in [7, 11) is 0. The maximum absolute atomic E-state index is 6.12. The van der Waals surface area contributed by atoms with Crippen LogP contribution in [-0.2, 0) is 0 Å². The lowest BCUT2D eigenvalue weighted by molar-refractivity contribution is 1.33. The molecule has 0 aliphatic carbocycles. The minimum atomic E-state index is 0.822. The van der Waals surface area contributed by atoms with Gasteiger partial charge >= 0.3 is 0 Å². The predicted molar refractivity (Wildman–Crippen MR) is 78.6 cm³/mol. The lowest BCUT2D eigenvalue weighted by atomic mass is 10.1. The van der Waals surface area contributed by atoms with Crippen molar-refractivity contribution >= 4 is 23.5 Å². The first-order valence-electron chi connectivity index (χ1n) is 5.77. The number of hydrazone groups is 1. The molecule has 0 atom stereocenters. The molecule has 0 unspecified atom stereocenters. The van der Waals surface area contributed by atoms with Crippen LogP contribution in [0.15, 0.2) is 47.6 Å². The average Bonchev–Trinajstić information content (AvgIpc) is 2.37. The van der Waals surface area contributed by atoms with Crippen LogP contribution >= 0.6 is 11.6 Å². The van der Waals surface area contributed by atoms with Gasteiger partial charge in [-0.25, -0.2) is 0 Å². The molecule has 0 aromatic heterocycles. The zero-order valence-electron chi connectivity index (χ0n) is 10.4. The van der Waals surface area contributed by atoms with E-state index in [1.54, 1.807) is 6.21 Å². The Labute approximate surface area is 112 Å². The largest absolute Gasteiger partial charge is 0.279 e. The van der Waals surface area contributed by atoms with Crippen LogP contribution in [0.5, 0.6) is 0 Å². The molecule has 0 saturated heterocycles. The number of para-hydroxylation sites is 1. The fourth-order valence-corrected chi connectivity index (χ4v) is 1.86. The van der Waals surface area contributed by atoms with Gasteiger partial charge in [0.2, 0.25) is 0 Å². The van der Waals surface area contributed by atoms with E-state index in [1.165, 1.54) is 0 Å². The van der Waals surface area contributed by atoms with Crippen molar-refractivity contribution in [2.45, 2.75) is 13.8 Å². The SMILES string of the molecule is Cc1cc(C=NNc2ccccc2)cc(C)c1Cl. The molecule has 0 saturated carbocycles. The van der Waals surface area contributed by atoms with Crippen molar-refractivity contribution in [1.82, 2.24) is 0 Å². The second-order valence-electron chi connectivity index (χ2n) is 4.20. The van der Waals surface area contributed by atoms with Crippen LogP contribution in [0, 0.1) is 13.8 Å². The third-order valence-electron chi connectivity index (χ3n) is 2.64. The molecule has 3 heteroatoms. The Balaban J connectivity index is 2.10. The maximum Gasteiger partial charge on any atom is 0.0561 e. The third kappa shape index (κ3) is 3.11. The van der Waals surface area contributed by atoms with Gasteiger partial charge < -0.3 is 0 Å². The molecule has 0 bridgehead atoms. The molecule has 18 heavy (non-hydrogen) atoms. The molecule has 2 nitrogen and oxygen atoms in total. The summed E-state index contributed by atoms with van der Waals surface area (Å²) in [6.45, 7) is 3.99. The summed E-state index contributed by atoms with van der Waals surface area (Å²) >= 11 is 6.12. The molecule has 0 aliphatic rings. The van der Waals surface area contributed by atoms with Crippen LogP contribution in [0.2, 0.25) is 5.02 Å². The standard InChI is InChI=1S/C15H15ClN2/c1-11-8-13(9-12(2)15(11)16)10-17-18-14-6-4-3-5-7-14/h3-10,18H,1-2H3. The molecule has 2 aromatic rings. The van der Waals surface area contributed by atoms with E-state index in [2.05, 4.69) is 10.5 Å². The predicted octanol–water partition coefficient (Wildman–Crippen LogP) is 4.40. The van der Waals surface area contributed by atoms with Crippen molar-refractivity contribution in [3.63, 3.8) is 0 Å². The first kappa shape index (κ1) is 12.7. The van der Waals surface area contributed by atoms with E-state index in [0.29, 0.717) is 0 Å². The van der Waals surface area contributed by atoms with Gasteiger partial charge in [-0.3, -0.25) is 5.43 Å². The molecule has 0 fully saturated rings. The van der Waals surface area contributed by atoms with E-state index in [9.17, 15) is 0 Å². The summed E-state index contributed by atoms with van der Waals surface area (Å²) in [4.78, 5) is 0. The van der Waals surface area contributed by atoms with Crippen LogP contribution in [0.25, 0.3) is 0 Å². The quantitative estimate of drug-likeness (QED) is 0.640. The van der Waals surface area contributed by atoms with Gasteiger partial charge in [0.15, 0.2) is 0 Å². The smallest absolute Gasteiger partial charge is 0.0561 e. The number of hydrogen-bond acceptors (Lipinski definition) is 2. The van der Waals surface area contributed by atoms with Crippen molar-refractivity contribution in [2.75, 3.05) is 5.43 Å². The summed E-state index contributed by atoms with van der Waals surface area (Å²) in [5, 5.41) is 5.03. The summed E-state index contributed by atoms with van der Waals surface area (Å²) < 4.78 is 0. The number of halogens is 1. The molecule has 2 rings (SSSR count). The Morgan fingerprint density at radius 2 is 1.67 bits per heavy atom. The van der Waals surface area contributed by atoms with Crippen LogP contribution in [0.1, 0.15) is 16.7 Å². The number of hydrogen-bond donors (Lipinski definition) is 1. The first-order valence-corrected chi connectivity index (χ1v) is 6.15. The number of benzene rings is 2. The minimum Gasteiger partial charge on any atom is -0.279 e. The van der Waals surface area contributed by atoms with Gasteiger partial charge in [0.05, 0.1) is 11.9 Å². The van der Waals surface area contributed by atoms with Gasteiger partial charge in [0, 0.05) is 5.02 Å². The van der Waals surface area contributed by atoms with Gasteiger partial charge in [0.1, 0.15) is 0 Å². The number of nitrogens with zero attached hydrogens (tertiary/aromatic N) is 1. The van der Waals surface area contributed by atoms with E-state index in [0.717, 1.165) is 27.4 Å². The normalized spacial score (nSPS) is 10.8. The van der Waals surface area contributed by atoms with Crippen molar-refractivity contribution in [3.05, 3.63) is 64.2 Å². The van der Waals surface area contributed by atoms with Crippen molar-refractivity contribution in [3.8, 4) is 0 Å². The molecular weight excluding hydrogens is 244 g/mol. The zero-order chi connectivity index (χ0) is 13.0. The molecule has 0 spiro atoms. The first-order chi connectivity index (χ1) is 8.66. The Morgan fingerprint density at radius 3 is 2.28 bits per heavy atom. The molecular formula is C15H15ClN2. The summed E-state index contributed by atoms with van der Waals surface area (Å²) in [5.74, 6) is 0. The van der Waals surface area contributed by atoms with Crippen molar-refractivity contribution < 1.29 is 0 Å². The average molecular weight is 259 g/mol. The number of nitrogens with one attached hydrogen (secondary N) is 1. The van der Waals surface area contributed by atoms with Crippen LogP contribution in [0.4, 0.5) is 5.69 Å². The summed E-state index contributed by atoms with van der Waals surface area (Å²) in [6.07, 6.45) is 1.79. The van der Waals surface area contributed by atoms with Gasteiger partial charge in [-0.2, -0.15) is 5.10 Å². The summed E-state index contributed by atoms with van der Waals surface area (Å²) in [6, 6.07) is 13.9. The van der Waals surface area contributed by atoms with Gasteiger partial charge in [-0.15, -0.1) is 0 Å². The van der Waals surface area contributed by atoms with Crippen LogP contribution < -0.4 is 5.43 Å². The molecule has 0 aliphatic heterocycles. The van der Waals surface area contributed by atoms with Crippen molar-refractivity contribution in [1.29, 1.82) is 0 Å². The molecule has 0 radical (unpaired) electrons. The van der Waals surface area contributed by atoms with Crippen molar-refractivity contribution in [2.24, 2.45) is 5.10 Å². The van der Waals surface area contributed by atoms with E-state index in [-0.39, 0.29) is 0 Å². The number of aryl methyl sites for hydroxylation is 2. The summed E-state index contributed by atoms with van der Waals surface area (Å²) in [5.41, 5.74) is 7.13. The highest BCUT2D eigenvalue weighted by Gasteiger charge is 2.00. The molecule has 2 aromatic carbocycles. The lowest BCUT2D eigenvalue weighted by Gasteiger charge is -2.04. The maximum atomic E-state index is 6.12. The monoisotopic (exact) mass is 258 g/mol. The van der Waals surface area contributed by atoms with E-state index in [1.807, 2.05) is 56.3 Å². The highest BCUT2D eigenvalue weighted by Crippen LogP contribution is 2.21. The zero-order valence-corrected chi connectivity index (χ0v) is 11.2. The second kappa shape index (κ2) is 5.69. The van der Waals surface area contributed by atoms with Gasteiger partial charge in [0.25, 0.3) is 0 Å². The lowest BCUT2D eigenvalue weighted by Crippen LogP contribution is -1.92. The highest BCUT2D eigenvalue weighted by molar-refractivity contribution is 6.32. The molecule has 0 heterocycles. The molecule has 92 valence electrons. The Kier molecular flexibility index (Phi) is 4.00. The third-order valence-corrected chi connectivity index (χ3v) is 3.24. The van der Waals surface area contributed by atoms with Gasteiger partial charge in [-0.1, -0.05) is 29.8 Å². The number of rotatable bonds is 3. The molecule has 1 N–H and O–H groups in total. The van der Waals surface area contributed by atoms with Crippen LogP contribution in [0.3, 0.4) is 0 Å².